The molecule has 0 radical (unpaired) electrons. The number of benzene rings is 2. The number of nitrogens with zero attached hydrogens (tertiary/aromatic N) is 8. The van der Waals surface area contributed by atoms with E-state index in [2.05, 4.69) is 26.3 Å². The number of oxazole rings is 1. The third-order valence-electron chi connectivity index (χ3n) is 18.1. The molecule has 504 valence electrons. The fourth-order valence-corrected chi connectivity index (χ4v) is 12.8. The first-order valence-electron chi connectivity index (χ1n) is 31.5. The third kappa shape index (κ3) is 13.7. The number of amides is 10. The minimum atomic E-state index is -1.86. The van der Waals surface area contributed by atoms with Gasteiger partial charge < -0.3 is 69.0 Å². The van der Waals surface area contributed by atoms with Gasteiger partial charge in [-0.05, 0) is 77.0 Å². The van der Waals surface area contributed by atoms with E-state index in [4.69, 9.17) is 23.3 Å². The van der Waals surface area contributed by atoms with E-state index < -0.39 is 185 Å². The van der Waals surface area contributed by atoms with E-state index in [1.54, 1.807) is 62.3 Å². The van der Waals surface area contributed by atoms with Crippen LogP contribution in [0.15, 0.2) is 19.7 Å². The molecular weight excluding hydrogens is 1210 g/mol. The summed E-state index contributed by atoms with van der Waals surface area (Å²) >= 11 is 0. The van der Waals surface area contributed by atoms with Gasteiger partial charge in [0.15, 0.2) is 28.2 Å². The second-order valence-electron chi connectivity index (χ2n) is 26.3. The van der Waals surface area contributed by atoms with E-state index >= 15 is 14.4 Å². The van der Waals surface area contributed by atoms with Gasteiger partial charge in [0, 0.05) is 65.4 Å². The summed E-state index contributed by atoms with van der Waals surface area (Å²) < 4.78 is 24.6. The molecule has 4 fully saturated rings. The van der Waals surface area contributed by atoms with E-state index in [0.717, 1.165) is 15.9 Å². The number of esters is 2. The lowest BCUT2D eigenvalue weighted by Crippen LogP contribution is -2.61. The predicted octanol–water partition coefficient (Wildman–Crippen LogP) is 1.59. The van der Waals surface area contributed by atoms with Crippen molar-refractivity contribution in [2.24, 2.45) is 23.7 Å². The maximum absolute atomic E-state index is 15.6. The second-order valence-corrected chi connectivity index (χ2v) is 26.3. The van der Waals surface area contributed by atoms with Crippen LogP contribution in [0, 0.1) is 44.4 Å². The third-order valence-corrected chi connectivity index (χ3v) is 18.1. The average molecular weight is 1300 g/mol. The van der Waals surface area contributed by atoms with Gasteiger partial charge in [-0.3, -0.25) is 52.7 Å². The minimum absolute atomic E-state index is 0.00589. The Morgan fingerprint density at radius 2 is 0.978 bits per heavy atom. The highest BCUT2D eigenvalue weighted by Crippen LogP contribution is 2.38. The molecule has 10 amide bonds. The van der Waals surface area contributed by atoms with Crippen LogP contribution in [0.5, 0.6) is 0 Å². The Morgan fingerprint density at radius 3 is 1.41 bits per heavy atom. The number of ether oxygens (including phenoxy) is 2. The van der Waals surface area contributed by atoms with Gasteiger partial charge in [0.25, 0.3) is 11.8 Å². The zero-order chi connectivity index (χ0) is 68.8. The first-order chi connectivity index (χ1) is 43.6. The number of likely N-dealkylation sites (N-methyl/N-ethyl adjacent to an activating group) is 4. The van der Waals surface area contributed by atoms with E-state index in [1.165, 1.54) is 75.5 Å². The monoisotopic (exact) mass is 1290 g/mol. The van der Waals surface area contributed by atoms with Crippen LogP contribution in [-0.2, 0) is 57.4 Å². The smallest absolute Gasteiger partial charge is 0.329 e. The molecule has 0 unspecified atom stereocenters. The van der Waals surface area contributed by atoms with Crippen LogP contribution >= 0.6 is 0 Å². The molecular formula is C64H86N12O17. The largest absolute Gasteiger partial charge is 0.458 e. The quantitative estimate of drug-likeness (QED) is 0.144. The minimum Gasteiger partial charge on any atom is -0.458 e. The first-order valence-corrected chi connectivity index (χ1v) is 31.5. The number of hydrogen-bond donors (Lipinski definition) is 4. The molecule has 29 nitrogen and oxygen atoms in total. The number of nitrogens with one attached hydrogen (secondary N) is 4. The number of carbonyl (C=O) groups excluding carboxylic acids is 12. The molecule has 0 spiro atoms. The lowest BCUT2D eigenvalue weighted by Gasteiger charge is -2.36. The van der Waals surface area contributed by atoms with Crippen LogP contribution in [0.25, 0.3) is 33.7 Å². The summed E-state index contributed by atoms with van der Waals surface area (Å²) in [6, 6.07) is -9.89. The molecule has 2 aromatic rings. The molecule has 6 aliphatic rings. The summed E-state index contributed by atoms with van der Waals surface area (Å²) in [5.74, 6) is -12.4. The van der Waals surface area contributed by atoms with E-state index in [-0.39, 0.29) is 76.6 Å². The van der Waals surface area contributed by atoms with Crippen molar-refractivity contribution in [3.05, 3.63) is 44.4 Å². The van der Waals surface area contributed by atoms with Gasteiger partial charge in [-0.15, -0.1) is 0 Å². The van der Waals surface area contributed by atoms with Gasteiger partial charge in [-0.1, -0.05) is 55.4 Å². The molecule has 0 bridgehead atoms. The van der Waals surface area contributed by atoms with Crippen molar-refractivity contribution in [3.8, 4) is 11.5 Å². The van der Waals surface area contributed by atoms with E-state index in [0.29, 0.717) is 12.8 Å². The van der Waals surface area contributed by atoms with Crippen LogP contribution in [0.1, 0.15) is 133 Å². The molecule has 29 heteroatoms. The maximum Gasteiger partial charge on any atom is 0.329 e. The van der Waals surface area contributed by atoms with Crippen LogP contribution in [-0.4, -0.2) is 225 Å². The van der Waals surface area contributed by atoms with Gasteiger partial charge in [0.05, 0.1) is 24.2 Å². The molecule has 4 saturated heterocycles. The number of fused-ring (bicyclic) bond motifs is 5. The highest BCUT2D eigenvalue weighted by Gasteiger charge is 2.47. The summed E-state index contributed by atoms with van der Waals surface area (Å²) in [4.78, 5) is 205. The van der Waals surface area contributed by atoms with Crippen molar-refractivity contribution in [2.75, 3.05) is 54.4 Å². The molecule has 1 aliphatic carbocycles. The van der Waals surface area contributed by atoms with Gasteiger partial charge in [0.1, 0.15) is 77.3 Å². The van der Waals surface area contributed by atoms with Gasteiger partial charge in [0.2, 0.25) is 47.3 Å². The van der Waals surface area contributed by atoms with Crippen LogP contribution in [0.2, 0.25) is 0 Å². The lowest BCUT2D eigenvalue weighted by molar-refractivity contribution is -0.163. The van der Waals surface area contributed by atoms with Crippen molar-refractivity contribution in [1.29, 1.82) is 0 Å². The van der Waals surface area contributed by atoms with Crippen LogP contribution in [0.3, 0.4) is 0 Å². The van der Waals surface area contributed by atoms with Crippen molar-refractivity contribution in [3.63, 3.8) is 0 Å². The summed E-state index contributed by atoms with van der Waals surface area (Å²) in [5, 5.41) is 10.8. The van der Waals surface area contributed by atoms with Crippen LogP contribution < -0.4 is 26.7 Å². The second kappa shape index (κ2) is 27.6. The zero-order valence-corrected chi connectivity index (χ0v) is 55.8. The molecule has 93 heavy (non-hydrogen) atoms. The van der Waals surface area contributed by atoms with Crippen molar-refractivity contribution >= 4 is 93.2 Å². The average Bonchev–Trinajstić information content (AvgIpc) is 1.71. The Bertz CT molecular complexity index is 3720. The van der Waals surface area contributed by atoms with Gasteiger partial charge in [-0.2, -0.15) is 0 Å². The Morgan fingerprint density at radius 1 is 0.559 bits per heavy atom. The molecule has 1 aromatic heterocycles. The first kappa shape index (κ1) is 69.8. The highest BCUT2D eigenvalue weighted by molar-refractivity contribution is 6.17. The number of hydrogen-bond acceptors (Lipinski definition) is 19. The lowest BCUT2D eigenvalue weighted by atomic mass is 9.99. The Labute approximate surface area is 538 Å². The predicted molar refractivity (Wildman–Crippen MR) is 333 cm³/mol. The molecule has 6 heterocycles. The summed E-state index contributed by atoms with van der Waals surface area (Å²) in [6.07, 6.45) is -1.70. The molecule has 4 N–H and O–H groups in total. The van der Waals surface area contributed by atoms with Crippen LogP contribution in [0.4, 0.5) is 0 Å². The van der Waals surface area contributed by atoms with Crippen molar-refractivity contribution in [1.82, 2.24) is 60.6 Å². The number of aryl methyl sites for hydroxylation is 2. The molecule has 10 atom stereocenters. The molecule has 5 aliphatic heterocycles. The van der Waals surface area contributed by atoms with E-state index in [1.807, 2.05) is 0 Å². The Balaban J connectivity index is 1.25. The topological polar surface area (TPSA) is 360 Å². The van der Waals surface area contributed by atoms with Crippen molar-refractivity contribution < 1.29 is 75.8 Å². The number of cyclic esters (lactones) is 2. The Kier molecular flexibility index (Phi) is 20.8. The number of aromatic nitrogens is 2. The van der Waals surface area contributed by atoms with Gasteiger partial charge in [-0.25, -0.2) is 19.6 Å². The van der Waals surface area contributed by atoms with Crippen molar-refractivity contribution in [2.45, 2.75) is 176 Å². The van der Waals surface area contributed by atoms with E-state index in [9.17, 15) is 47.9 Å². The number of rotatable bonds is 8. The summed E-state index contributed by atoms with van der Waals surface area (Å²) in [5.41, 5.74) is -2.44. The molecule has 0 saturated carbocycles. The standard InChI is InChI=1S/C64H86N12O17/c1-27(2)43-61(86)75-22-18-20-37(75)59(84)71(14)25-40(78)73(16)50(29(5)6)63(88)90-33(11)45(57(82)67-43)69-55(80)36-24-39(77)31(9)52-47(36)66-49-42(48-53(92-35(13)65-48)32(10)54(49)93-52)56(81)70-46-34(12)91-64(89)51(30(7)8)74(17)41(79)26-72(15)60(85)38-21-19-23-76(38)62(87)44(28(3)4)68-58(46)83/h24,27-30,33-34,37-38,43-46,50-51H,18-23,25-26H2,1-17H3,(H,67,82)(H,68,83)(H,69,80)(H,70,81)/t33-,34+,37+,38+,43-,44-,45+,46-,50+,51+/m1/s1. The fraction of sp³-hybridized carbons (Fsp3) is 0.609. The highest BCUT2D eigenvalue weighted by atomic mass is 16.6. The Hall–Kier alpha value is -9.05. The molecule has 1 aromatic carbocycles. The molecule has 8 rings (SSSR count). The summed E-state index contributed by atoms with van der Waals surface area (Å²) in [7, 11) is 5.59. The fourth-order valence-electron chi connectivity index (χ4n) is 12.8. The normalized spacial score (nSPS) is 25.9. The van der Waals surface area contributed by atoms with Gasteiger partial charge >= 0.3 is 11.9 Å². The SMILES string of the molecule is Cc1nc2c(C(=O)N[C@H]3C(=O)N[C@H](C(C)C)C(=O)N4CCC[C@H]4C(=O)N(C)CC(=O)N(C)[C@@H](C(C)C)C(=O)O[C@H]3C)c3nc4c(C(=O)N[C@@H]5C(=O)N[C@H](C(C)C)C(=O)N6CCC[C@H]6C(=O)N(C)CC(=O)N(C)[C@@H](C(C)C)C(=O)O[C@@H]5C)cc(=O)c(C)c-4oc3c(C)c2o1. The zero-order valence-electron chi connectivity index (χ0n) is 55.8. The number of carbonyl (C=O) groups is 12. The summed E-state index contributed by atoms with van der Waals surface area (Å²) in [6.45, 7) is 19.9. The maximum atomic E-state index is 15.6.